The van der Waals surface area contributed by atoms with Gasteiger partial charge in [0.2, 0.25) is 0 Å². The zero-order valence-electron chi connectivity index (χ0n) is 9.85. The number of nitrogens with zero attached hydrogens (tertiary/aromatic N) is 1. The zero-order valence-corrected chi connectivity index (χ0v) is 11.5. The molecule has 5 heteroatoms. The van der Waals surface area contributed by atoms with E-state index in [0.717, 1.165) is 34.6 Å². The first-order valence-corrected chi connectivity index (χ1v) is 8.35. The van der Waals surface area contributed by atoms with Crippen LogP contribution in [-0.4, -0.2) is 16.7 Å². The summed E-state index contributed by atoms with van der Waals surface area (Å²) in [6, 6.07) is 0.729. The van der Waals surface area contributed by atoms with E-state index in [2.05, 4.69) is 15.9 Å². The second-order valence-corrected chi connectivity index (χ2v) is 7.18. The van der Waals surface area contributed by atoms with Gasteiger partial charge < -0.3 is 11.1 Å². The molecule has 0 amide bonds. The van der Waals surface area contributed by atoms with Gasteiger partial charge in [-0.3, -0.25) is 0 Å². The molecule has 3 nitrogen and oxygen atoms in total. The highest BCUT2D eigenvalue weighted by Crippen LogP contribution is 2.66. The molecule has 0 aromatic carbocycles. The first kappa shape index (κ1) is 10.5. The van der Waals surface area contributed by atoms with E-state index in [-0.39, 0.29) is 0 Å². The van der Waals surface area contributed by atoms with Gasteiger partial charge in [0.15, 0.2) is 5.82 Å². The smallest absolute Gasteiger partial charge is 0.153 e. The minimum absolute atomic E-state index is 0.693. The number of fused-ring (bicyclic) bond motifs is 5. The Morgan fingerprint density at radius 2 is 2.06 bits per heavy atom. The highest BCUT2D eigenvalue weighted by molar-refractivity contribution is 7.99. The average Bonchev–Trinajstić information content (AvgIpc) is 2.71. The average molecular weight is 267 g/mol. The third kappa shape index (κ3) is 1.38. The van der Waals surface area contributed by atoms with Gasteiger partial charge in [0.05, 0.1) is 4.90 Å². The van der Waals surface area contributed by atoms with E-state index in [0.29, 0.717) is 5.82 Å². The molecule has 1 aromatic rings. The summed E-state index contributed by atoms with van der Waals surface area (Å²) in [6.07, 6.45) is 6.53. The van der Waals surface area contributed by atoms with Crippen molar-refractivity contribution in [2.45, 2.75) is 30.2 Å². The van der Waals surface area contributed by atoms with Crippen LogP contribution in [0.2, 0.25) is 0 Å². The molecule has 3 aliphatic rings. The number of thioether (sulfide) groups is 1. The lowest BCUT2D eigenvalue weighted by molar-refractivity contribution is 0.456. The number of rotatable bonds is 3. The lowest BCUT2D eigenvalue weighted by atomic mass is 10.0. The molecule has 3 fully saturated rings. The van der Waals surface area contributed by atoms with Gasteiger partial charge in [0.1, 0.15) is 5.00 Å². The predicted octanol–water partition coefficient (Wildman–Crippen LogP) is 2.90. The SMILES string of the molecule is CSc1c(N)nsc1NC1C2C3CCC(C3)C12. The molecule has 0 aliphatic heterocycles. The molecule has 4 unspecified atom stereocenters. The Balaban J connectivity index is 1.52. The highest BCUT2D eigenvalue weighted by Gasteiger charge is 2.65. The van der Waals surface area contributed by atoms with Gasteiger partial charge in [-0.1, -0.05) is 0 Å². The van der Waals surface area contributed by atoms with E-state index in [4.69, 9.17) is 5.73 Å². The zero-order chi connectivity index (χ0) is 11.6. The summed E-state index contributed by atoms with van der Waals surface area (Å²) in [6.45, 7) is 0. The molecular formula is C12H17N3S2. The van der Waals surface area contributed by atoms with Crippen molar-refractivity contribution < 1.29 is 0 Å². The molecule has 3 aliphatic carbocycles. The molecule has 1 aromatic heterocycles. The maximum atomic E-state index is 5.87. The summed E-state index contributed by atoms with van der Waals surface area (Å²) < 4.78 is 4.25. The molecule has 92 valence electrons. The van der Waals surface area contributed by atoms with E-state index >= 15 is 0 Å². The van der Waals surface area contributed by atoms with Crippen LogP contribution in [0.1, 0.15) is 19.3 Å². The van der Waals surface area contributed by atoms with Crippen molar-refractivity contribution in [3.05, 3.63) is 0 Å². The molecule has 4 atom stereocenters. The van der Waals surface area contributed by atoms with Crippen LogP contribution in [0.5, 0.6) is 0 Å². The summed E-state index contributed by atoms with van der Waals surface area (Å²) in [5.41, 5.74) is 5.87. The second kappa shape index (κ2) is 3.54. The summed E-state index contributed by atoms with van der Waals surface area (Å²) in [5, 5.41) is 4.92. The first-order chi connectivity index (χ1) is 8.29. The second-order valence-electron chi connectivity index (χ2n) is 5.59. The normalized spacial score (nSPS) is 41.6. The number of nitrogen functional groups attached to an aromatic ring is 1. The van der Waals surface area contributed by atoms with Crippen molar-refractivity contribution in [3.8, 4) is 0 Å². The minimum atomic E-state index is 0.693. The van der Waals surface area contributed by atoms with E-state index < -0.39 is 0 Å². The van der Waals surface area contributed by atoms with Gasteiger partial charge in [-0.25, -0.2) is 0 Å². The molecule has 17 heavy (non-hydrogen) atoms. The van der Waals surface area contributed by atoms with Crippen LogP contribution in [0.3, 0.4) is 0 Å². The molecule has 0 spiro atoms. The van der Waals surface area contributed by atoms with Gasteiger partial charge in [-0.05, 0) is 60.7 Å². The van der Waals surface area contributed by atoms with E-state index in [1.165, 1.54) is 35.8 Å². The van der Waals surface area contributed by atoms with E-state index in [1.54, 1.807) is 11.8 Å². The summed E-state index contributed by atoms with van der Waals surface area (Å²) in [7, 11) is 0. The monoisotopic (exact) mass is 267 g/mol. The summed E-state index contributed by atoms with van der Waals surface area (Å²) in [4.78, 5) is 1.15. The maximum Gasteiger partial charge on any atom is 0.153 e. The molecular weight excluding hydrogens is 250 g/mol. The van der Waals surface area contributed by atoms with Gasteiger partial charge in [-0.15, -0.1) is 11.8 Å². The molecule has 3 N–H and O–H groups in total. The molecule has 0 radical (unpaired) electrons. The first-order valence-electron chi connectivity index (χ1n) is 6.35. The Kier molecular flexibility index (Phi) is 2.19. The van der Waals surface area contributed by atoms with E-state index in [1.807, 2.05) is 0 Å². The topological polar surface area (TPSA) is 50.9 Å². The summed E-state index contributed by atoms with van der Waals surface area (Å²) in [5.74, 6) is 4.66. The predicted molar refractivity (Wildman–Crippen MR) is 73.5 cm³/mol. The fraction of sp³-hybridized carbons (Fsp3) is 0.750. The van der Waals surface area contributed by atoms with Gasteiger partial charge in [0, 0.05) is 6.04 Å². The van der Waals surface area contributed by atoms with Crippen LogP contribution in [0.4, 0.5) is 10.8 Å². The molecule has 1 heterocycles. The number of aromatic nitrogens is 1. The summed E-state index contributed by atoms with van der Waals surface area (Å²) >= 11 is 3.23. The number of anilines is 2. The molecule has 4 rings (SSSR count). The van der Waals surface area contributed by atoms with Crippen molar-refractivity contribution in [2.75, 3.05) is 17.3 Å². The molecule has 3 saturated carbocycles. The fourth-order valence-corrected chi connectivity index (χ4v) is 5.83. The Labute approximate surface area is 110 Å². The van der Waals surface area contributed by atoms with Crippen molar-refractivity contribution in [1.82, 2.24) is 4.37 Å². The Hall–Kier alpha value is -0.420. The third-order valence-corrected chi connectivity index (χ3v) is 6.65. The van der Waals surface area contributed by atoms with E-state index in [9.17, 15) is 0 Å². The van der Waals surface area contributed by atoms with Crippen LogP contribution in [0, 0.1) is 23.7 Å². The lowest BCUT2D eigenvalue weighted by Gasteiger charge is -2.10. The maximum absolute atomic E-state index is 5.87. The molecule has 2 bridgehead atoms. The van der Waals surface area contributed by atoms with Crippen LogP contribution in [0.15, 0.2) is 4.90 Å². The van der Waals surface area contributed by atoms with Gasteiger partial charge in [-0.2, -0.15) is 4.37 Å². The van der Waals surface area contributed by atoms with Crippen LogP contribution < -0.4 is 11.1 Å². The van der Waals surface area contributed by atoms with Gasteiger partial charge >= 0.3 is 0 Å². The van der Waals surface area contributed by atoms with Crippen molar-refractivity contribution in [1.29, 1.82) is 0 Å². The van der Waals surface area contributed by atoms with Crippen LogP contribution in [0.25, 0.3) is 0 Å². The third-order valence-electron chi connectivity index (χ3n) is 4.91. The van der Waals surface area contributed by atoms with Crippen molar-refractivity contribution >= 4 is 34.1 Å². The standard InChI is InChI=1S/C12H17N3S2/c1-16-10-11(13)15-17-12(10)14-9-7-5-2-3-6(4-5)8(7)9/h5-9,14H,2-4H2,1H3,(H2,13,15). The minimum Gasteiger partial charge on any atom is -0.382 e. The number of nitrogens with two attached hydrogens (primary N) is 1. The van der Waals surface area contributed by atoms with Crippen LogP contribution in [-0.2, 0) is 0 Å². The number of hydrogen-bond donors (Lipinski definition) is 2. The van der Waals surface area contributed by atoms with Gasteiger partial charge in [0.25, 0.3) is 0 Å². The van der Waals surface area contributed by atoms with Crippen molar-refractivity contribution in [3.63, 3.8) is 0 Å². The lowest BCUT2D eigenvalue weighted by Crippen LogP contribution is -2.12. The Morgan fingerprint density at radius 1 is 1.35 bits per heavy atom. The van der Waals surface area contributed by atoms with Crippen LogP contribution >= 0.6 is 23.3 Å². The Bertz CT molecular complexity index is 443. The number of nitrogens with one attached hydrogen (secondary N) is 1. The highest BCUT2D eigenvalue weighted by atomic mass is 32.2. The Morgan fingerprint density at radius 3 is 2.71 bits per heavy atom. The number of hydrogen-bond acceptors (Lipinski definition) is 5. The largest absolute Gasteiger partial charge is 0.382 e. The van der Waals surface area contributed by atoms with Crippen molar-refractivity contribution in [2.24, 2.45) is 23.7 Å². The molecule has 0 saturated heterocycles. The fourth-order valence-electron chi connectivity index (χ4n) is 4.25. The quantitative estimate of drug-likeness (QED) is 0.827.